The molecule has 1 saturated carbocycles. The molecule has 21 heavy (non-hydrogen) atoms. The van der Waals surface area contributed by atoms with Crippen LogP contribution in [0.25, 0.3) is 0 Å². The Balaban J connectivity index is 2.22. The highest BCUT2D eigenvalue weighted by atomic mass is 35.5. The first kappa shape index (κ1) is 16.8. The van der Waals surface area contributed by atoms with E-state index in [4.69, 9.17) is 11.6 Å². The van der Waals surface area contributed by atoms with E-state index < -0.39 is 0 Å². The summed E-state index contributed by atoms with van der Waals surface area (Å²) in [4.78, 5) is 0. The van der Waals surface area contributed by atoms with Gasteiger partial charge in [0, 0.05) is 6.04 Å². The lowest BCUT2D eigenvalue weighted by atomic mass is 9.72. The van der Waals surface area contributed by atoms with Gasteiger partial charge in [0.15, 0.2) is 0 Å². The first-order valence-corrected chi connectivity index (χ1v) is 8.57. The van der Waals surface area contributed by atoms with Gasteiger partial charge in [-0.1, -0.05) is 38.4 Å². The van der Waals surface area contributed by atoms with Gasteiger partial charge in [-0.3, -0.25) is 0 Å². The van der Waals surface area contributed by atoms with Crippen molar-refractivity contribution in [1.29, 1.82) is 0 Å². The van der Waals surface area contributed by atoms with Crippen LogP contribution in [0.3, 0.4) is 0 Å². The summed E-state index contributed by atoms with van der Waals surface area (Å²) in [7, 11) is 0. The highest BCUT2D eigenvalue weighted by molar-refractivity contribution is 6.30. The van der Waals surface area contributed by atoms with Crippen LogP contribution in [-0.4, -0.2) is 6.54 Å². The van der Waals surface area contributed by atoms with Crippen molar-refractivity contribution in [3.63, 3.8) is 0 Å². The minimum atomic E-state index is -0.333. The lowest BCUT2D eigenvalue weighted by Crippen LogP contribution is -2.33. The zero-order chi connectivity index (χ0) is 15.4. The molecule has 0 aromatic heterocycles. The first-order valence-electron chi connectivity index (χ1n) is 8.19. The number of nitrogens with one attached hydrogen (secondary N) is 1. The smallest absolute Gasteiger partial charge is 0.141 e. The molecule has 0 heterocycles. The number of halogens is 2. The topological polar surface area (TPSA) is 12.0 Å². The predicted octanol–water partition coefficient (Wildman–Crippen LogP) is 5.59. The molecule has 1 aromatic rings. The minimum Gasteiger partial charge on any atom is -0.310 e. The van der Waals surface area contributed by atoms with Crippen molar-refractivity contribution < 1.29 is 4.39 Å². The van der Waals surface area contributed by atoms with Crippen LogP contribution >= 0.6 is 11.6 Å². The van der Waals surface area contributed by atoms with Gasteiger partial charge in [0.2, 0.25) is 0 Å². The summed E-state index contributed by atoms with van der Waals surface area (Å²) >= 11 is 5.99. The van der Waals surface area contributed by atoms with Gasteiger partial charge in [0.25, 0.3) is 0 Å². The van der Waals surface area contributed by atoms with Crippen LogP contribution in [0.2, 0.25) is 5.02 Å². The van der Waals surface area contributed by atoms with Crippen LogP contribution in [0.4, 0.5) is 4.39 Å². The Morgan fingerprint density at radius 3 is 2.48 bits per heavy atom. The van der Waals surface area contributed by atoms with Crippen LogP contribution in [-0.2, 0) is 0 Å². The molecule has 1 aliphatic rings. The summed E-state index contributed by atoms with van der Waals surface area (Å²) in [5.41, 5.74) is 1.13. The van der Waals surface area contributed by atoms with Crippen molar-refractivity contribution in [2.24, 2.45) is 17.8 Å². The van der Waals surface area contributed by atoms with Gasteiger partial charge in [-0.15, -0.1) is 0 Å². The largest absolute Gasteiger partial charge is 0.310 e. The fourth-order valence-corrected chi connectivity index (χ4v) is 4.03. The zero-order valence-corrected chi connectivity index (χ0v) is 14.1. The van der Waals surface area contributed by atoms with E-state index >= 15 is 0 Å². The van der Waals surface area contributed by atoms with E-state index in [0.29, 0.717) is 5.92 Å². The van der Waals surface area contributed by atoms with Crippen LogP contribution in [0.1, 0.15) is 58.1 Å². The number of benzene rings is 1. The Bertz CT molecular complexity index is 453. The second-order valence-electron chi connectivity index (χ2n) is 6.78. The van der Waals surface area contributed by atoms with Crippen molar-refractivity contribution >= 4 is 11.6 Å². The number of hydrogen-bond donors (Lipinski definition) is 1. The fourth-order valence-electron chi connectivity index (χ4n) is 3.84. The molecule has 1 aliphatic carbocycles. The van der Waals surface area contributed by atoms with Crippen molar-refractivity contribution in [2.75, 3.05) is 6.54 Å². The van der Waals surface area contributed by atoms with E-state index in [1.165, 1.54) is 25.3 Å². The Hall–Kier alpha value is -0.600. The van der Waals surface area contributed by atoms with E-state index in [-0.39, 0.29) is 16.9 Å². The maximum absolute atomic E-state index is 13.4. The molecule has 3 heteroatoms. The molecular formula is C18H27ClFN. The molecule has 118 valence electrons. The fraction of sp³-hybridized carbons (Fsp3) is 0.667. The first-order chi connectivity index (χ1) is 10.0. The van der Waals surface area contributed by atoms with Gasteiger partial charge >= 0.3 is 0 Å². The lowest BCUT2D eigenvalue weighted by molar-refractivity contribution is 0.176. The molecule has 3 unspecified atom stereocenters. The standard InChI is InChI=1S/C18H27ClFN/c1-4-7-21-18(14-5-6-17(20)16(19)11-14)15-9-12(2)8-13(3)10-15/h5-6,11-13,15,18,21H,4,7-10H2,1-3H3. The van der Waals surface area contributed by atoms with Gasteiger partial charge in [0.05, 0.1) is 5.02 Å². The number of hydrogen-bond acceptors (Lipinski definition) is 1. The molecule has 0 bridgehead atoms. The molecule has 1 aromatic carbocycles. The Labute approximate surface area is 133 Å². The van der Waals surface area contributed by atoms with Crippen molar-refractivity contribution in [1.82, 2.24) is 5.32 Å². The molecule has 1 fully saturated rings. The Kier molecular flexibility index (Phi) is 6.07. The zero-order valence-electron chi connectivity index (χ0n) is 13.3. The third-order valence-electron chi connectivity index (χ3n) is 4.60. The highest BCUT2D eigenvalue weighted by Crippen LogP contribution is 2.40. The van der Waals surface area contributed by atoms with Crippen molar-refractivity contribution in [3.8, 4) is 0 Å². The minimum absolute atomic E-state index is 0.229. The Morgan fingerprint density at radius 1 is 1.24 bits per heavy atom. The van der Waals surface area contributed by atoms with Crippen LogP contribution in [0, 0.1) is 23.6 Å². The summed E-state index contributed by atoms with van der Waals surface area (Å²) in [6, 6.07) is 5.47. The second-order valence-corrected chi connectivity index (χ2v) is 7.19. The molecule has 0 aliphatic heterocycles. The van der Waals surface area contributed by atoms with Gasteiger partial charge in [-0.25, -0.2) is 4.39 Å². The highest BCUT2D eigenvalue weighted by Gasteiger charge is 2.30. The molecule has 0 amide bonds. The van der Waals surface area contributed by atoms with Crippen LogP contribution < -0.4 is 5.32 Å². The van der Waals surface area contributed by atoms with Gasteiger partial charge in [-0.05, 0) is 67.7 Å². The molecule has 0 radical (unpaired) electrons. The summed E-state index contributed by atoms with van der Waals surface area (Å²) in [5, 5.41) is 3.89. The van der Waals surface area contributed by atoms with Crippen LogP contribution in [0.15, 0.2) is 18.2 Å². The molecule has 0 spiro atoms. The number of rotatable bonds is 5. The molecule has 2 rings (SSSR count). The maximum Gasteiger partial charge on any atom is 0.141 e. The monoisotopic (exact) mass is 311 g/mol. The molecule has 3 atom stereocenters. The normalized spacial score (nSPS) is 27.6. The molecule has 1 N–H and O–H groups in total. The quantitative estimate of drug-likeness (QED) is 0.747. The molecular weight excluding hydrogens is 285 g/mol. The summed E-state index contributed by atoms with van der Waals surface area (Å²) in [5.74, 6) is 1.80. The average molecular weight is 312 g/mol. The van der Waals surface area contributed by atoms with E-state index in [2.05, 4.69) is 26.1 Å². The lowest BCUT2D eigenvalue weighted by Gasteiger charge is -2.37. The average Bonchev–Trinajstić information content (AvgIpc) is 2.42. The maximum atomic E-state index is 13.4. The summed E-state index contributed by atoms with van der Waals surface area (Å²) in [6.07, 6.45) is 4.89. The van der Waals surface area contributed by atoms with E-state index in [0.717, 1.165) is 30.4 Å². The van der Waals surface area contributed by atoms with Crippen LogP contribution in [0.5, 0.6) is 0 Å². The van der Waals surface area contributed by atoms with Crippen molar-refractivity contribution in [3.05, 3.63) is 34.6 Å². The van der Waals surface area contributed by atoms with Crippen molar-refractivity contribution in [2.45, 2.75) is 52.5 Å². The molecule has 1 nitrogen and oxygen atoms in total. The van der Waals surface area contributed by atoms with E-state index in [9.17, 15) is 4.39 Å². The Morgan fingerprint density at radius 2 is 1.90 bits per heavy atom. The van der Waals surface area contributed by atoms with Gasteiger partial charge in [-0.2, -0.15) is 0 Å². The third-order valence-corrected chi connectivity index (χ3v) is 4.89. The van der Waals surface area contributed by atoms with Gasteiger partial charge in [0.1, 0.15) is 5.82 Å². The second kappa shape index (κ2) is 7.60. The van der Waals surface area contributed by atoms with E-state index in [1.54, 1.807) is 6.07 Å². The molecule has 0 saturated heterocycles. The van der Waals surface area contributed by atoms with Gasteiger partial charge < -0.3 is 5.32 Å². The third kappa shape index (κ3) is 4.43. The predicted molar refractivity (Wildman–Crippen MR) is 88.1 cm³/mol. The van der Waals surface area contributed by atoms with E-state index in [1.807, 2.05) is 6.07 Å². The summed E-state index contributed by atoms with van der Waals surface area (Å²) in [6.45, 7) is 7.85. The SMILES string of the molecule is CCCNC(c1ccc(F)c(Cl)c1)C1CC(C)CC(C)C1. The summed E-state index contributed by atoms with van der Waals surface area (Å²) < 4.78 is 13.4.